The lowest BCUT2D eigenvalue weighted by molar-refractivity contribution is 0.204. The van der Waals surface area contributed by atoms with E-state index in [4.69, 9.17) is 11.5 Å². The highest BCUT2D eigenvalue weighted by atomic mass is 14.7. The highest BCUT2D eigenvalue weighted by Crippen LogP contribution is 2.46. The van der Waals surface area contributed by atoms with Crippen molar-refractivity contribution in [2.45, 2.75) is 31.7 Å². The number of allylic oxidation sites excluding steroid dienone is 2. The number of rotatable bonds is 3. The molecule has 4 N–H and O–H groups in total. The van der Waals surface area contributed by atoms with E-state index in [1.54, 1.807) is 5.57 Å². The molecule has 3 aliphatic carbocycles. The molecule has 0 saturated heterocycles. The zero-order chi connectivity index (χ0) is 8.55. The van der Waals surface area contributed by atoms with E-state index in [2.05, 4.69) is 6.08 Å². The largest absolute Gasteiger partial charge is 0.330 e. The third kappa shape index (κ3) is 1.29. The van der Waals surface area contributed by atoms with Crippen LogP contribution in [0, 0.1) is 11.8 Å². The number of nitrogens with two attached hydrogens (primary N) is 2. The van der Waals surface area contributed by atoms with Crippen molar-refractivity contribution in [2.75, 3.05) is 6.54 Å². The quantitative estimate of drug-likeness (QED) is 0.615. The summed E-state index contributed by atoms with van der Waals surface area (Å²) >= 11 is 0. The summed E-state index contributed by atoms with van der Waals surface area (Å²) in [5, 5.41) is 0. The minimum atomic E-state index is 0.345. The molecule has 2 bridgehead atoms. The SMILES string of the molecule is NCC[C@@H](N)C1CC=C2CC1C2. The van der Waals surface area contributed by atoms with Gasteiger partial charge in [-0.3, -0.25) is 0 Å². The van der Waals surface area contributed by atoms with E-state index in [1.807, 2.05) is 0 Å². The molecule has 0 aromatic heterocycles. The molecule has 2 atom stereocenters. The summed E-state index contributed by atoms with van der Waals surface area (Å²) < 4.78 is 0. The lowest BCUT2D eigenvalue weighted by Gasteiger charge is -2.43. The fourth-order valence-corrected chi connectivity index (χ4v) is 2.51. The van der Waals surface area contributed by atoms with Gasteiger partial charge in [0.05, 0.1) is 0 Å². The van der Waals surface area contributed by atoms with Gasteiger partial charge in [-0.25, -0.2) is 0 Å². The van der Waals surface area contributed by atoms with Crippen molar-refractivity contribution in [2.24, 2.45) is 23.3 Å². The van der Waals surface area contributed by atoms with Crippen LogP contribution in [0.25, 0.3) is 0 Å². The Balaban J connectivity index is 1.92. The first-order valence-corrected chi connectivity index (χ1v) is 4.95. The Morgan fingerprint density at radius 3 is 2.75 bits per heavy atom. The third-order valence-corrected chi connectivity index (χ3v) is 3.38. The average molecular weight is 166 g/mol. The standard InChI is InChI=1S/C10H18N2/c11-4-3-10(12)9-2-1-7-5-8(9)6-7/h1,8-10H,2-6,11-12H2/t9?,10-/m1/s1. The zero-order valence-corrected chi connectivity index (χ0v) is 7.50. The summed E-state index contributed by atoms with van der Waals surface area (Å²) in [6, 6.07) is 0.345. The molecule has 3 rings (SSSR count). The van der Waals surface area contributed by atoms with Gasteiger partial charge in [0, 0.05) is 6.04 Å². The molecule has 0 amide bonds. The Morgan fingerprint density at radius 1 is 1.50 bits per heavy atom. The van der Waals surface area contributed by atoms with Gasteiger partial charge in [-0.2, -0.15) is 0 Å². The number of hydrogen-bond acceptors (Lipinski definition) is 2. The minimum absolute atomic E-state index is 0.345. The molecule has 1 unspecified atom stereocenters. The molecule has 1 fully saturated rings. The molecular weight excluding hydrogens is 148 g/mol. The lowest BCUT2D eigenvalue weighted by atomic mass is 9.64. The summed E-state index contributed by atoms with van der Waals surface area (Å²) in [5.74, 6) is 1.62. The van der Waals surface area contributed by atoms with E-state index in [-0.39, 0.29) is 0 Å². The minimum Gasteiger partial charge on any atom is -0.330 e. The van der Waals surface area contributed by atoms with Crippen molar-refractivity contribution in [3.05, 3.63) is 11.6 Å². The van der Waals surface area contributed by atoms with Crippen LogP contribution in [0.5, 0.6) is 0 Å². The van der Waals surface area contributed by atoms with Crippen LogP contribution in [-0.2, 0) is 0 Å². The van der Waals surface area contributed by atoms with E-state index < -0.39 is 0 Å². The van der Waals surface area contributed by atoms with Gasteiger partial charge in [0.1, 0.15) is 0 Å². The molecule has 0 heterocycles. The lowest BCUT2D eigenvalue weighted by Crippen LogP contribution is -2.41. The molecule has 2 heteroatoms. The van der Waals surface area contributed by atoms with E-state index in [1.165, 1.54) is 19.3 Å². The van der Waals surface area contributed by atoms with Gasteiger partial charge in [-0.05, 0) is 44.1 Å². The van der Waals surface area contributed by atoms with Gasteiger partial charge in [-0.15, -0.1) is 0 Å². The second-order valence-electron chi connectivity index (χ2n) is 4.17. The van der Waals surface area contributed by atoms with E-state index in [9.17, 15) is 0 Å². The van der Waals surface area contributed by atoms with Crippen molar-refractivity contribution < 1.29 is 0 Å². The maximum atomic E-state index is 6.06. The Bertz CT molecular complexity index is 190. The van der Waals surface area contributed by atoms with Gasteiger partial charge >= 0.3 is 0 Å². The van der Waals surface area contributed by atoms with Gasteiger partial charge in [0.25, 0.3) is 0 Å². The molecule has 0 aromatic carbocycles. The summed E-state index contributed by atoms with van der Waals surface area (Å²) in [4.78, 5) is 0. The van der Waals surface area contributed by atoms with Gasteiger partial charge < -0.3 is 11.5 Å². The third-order valence-electron chi connectivity index (χ3n) is 3.38. The van der Waals surface area contributed by atoms with E-state index in [0.29, 0.717) is 6.04 Å². The molecule has 12 heavy (non-hydrogen) atoms. The first kappa shape index (κ1) is 8.27. The average Bonchev–Trinajstić information content (AvgIpc) is 2.03. The van der Waals surface area contributed by atoms with Gasteiger partial charge in [0.15, 0.2) is 0 Å². The molecule has 0 aromatic rings. The Kier molecular flexibility index (Phi) is 2.20. The van der Waals surface area contributed by atoms with Gasteiger partial charge in [-0.1, -0.05) is 11.6 Å². The van der Waals surface area contributed by atoms with Crippen molar-refractivity contribution in [1.82, 2.24) is 0 Å². The highest BCUT2D eigenvalue weighted by molar-refractivity contribution is 5.20. The highest BCUT2D eigenvalue weighted by Gasteiger charge is 2.36. The Labute approximate surface area is 74.0 Å². The van der Waals surface area contributed by atoms with Crippen LogP contribution in [-0.4, -0.2) is 12.6 Å². The second kappa shape index (κ2) is 3.19. The number of hydrogen-bond donors (Lipinski definition) is 2. The number of fused-ring (bicyclic) bond motifs is 2. The molecule has 2 nitrogen and oxygen atoms in total. The van der Waals surface area contributed by atoms with Gasteiger partial charge in [0.2, 0.25) is 0 Å². The van der Waals surface area contributed by atoms with Crippen LogP contribution in [0.2, 0.25) is 0 Å². The maximum Gasteiger partial charge on any atom is 0.00849 e. The molecule has 1 saturated carbocycles. The van der Waals surface area contributed by atoms with Crippen LogP contribution < -0.4 is 11.5 Å². The normalized spacial score (nSPS) is 35.3. The van der Waals surface area contributed by atoms with Crippen molar-refractivity contribution in [3.63, 3.8) is 0 Å². The van der Waals surface area contributed by atoms with E-state index in [0.717, 1.165) is 24.8 Å². The fourth-order valence-electron chi connectivity index (χ4n) is 2.51. The predicted molar refractivity (Wildman–Crippen MR) is 50.6 cm³/mol. The second-order valence-corrected chi connectivity index (χ2v) is 4.17. The predicted octanol–water partition coefficient (Wildman–Crippen LogP) is 1.02. The van der Waals surface area contributed by atoms with Crippen LogP contribution in [0.3, 0.4) is 0 Å². The molecule has 3 aliphatic rings. The topological polar surface area (TPSA) is 52.0 Å². The summed E-state index contributed by atoms with van der Waals surface area (Å²) in [6.45, 7) is 0.737. The molecule has 0 aliphatic heterocycles. The smallest absolute Gasteiger partial charge is 0.00849 e. The van der Waals surface area contributed by atoms with E-state index >= 15 is 0 Å². The first-order valence-electron chi connectivity index (χ1n) is 4.95. The fraction of sp³-hybridized carbons (Fsp3) is 0.800. The molecule has 68 valence electrons. The summed E-state index contributed by atoms with van der Waals surface area (Å²) in [7, 11) is 0. The summed E-state index contributed by atoms with van der Waals surface area (Å²) in [5.41, 5.74) is 13.2. The molecule has 0 radical (unpaired) electrons. The van der Waals surface area contributed by atoms with Crippen molar-refractivity contribution in [1.29, 1.82) is 0 Å². The zero-order valence-electron chi connectivity index (χ0n) is 7.50. The summed E-state index contributed by atoms with van der Waals surface area (Å²) in [6.07, 6.45) is 7.23. The first-order chi connectivity index (χ1) is 5.81. The Morgan fingerprint density at radius 2 is 2.25 bits per heavy atom. The Hall–Kier alpha value is -0.340. The van der Waals surface area contributed by atoms with Crippen LogP contribution in [0.15, 0.2) is 11.6 Å². The molecule has 0 spiro atoms. The van der Waals surface area contributed by atoms with Crippen LogP contribution in [0.4, 0.5) is 0 Å². The van der Waals surface area contributed by atoms with Crippen LogP contribution >= 0.6 is 0 Å². The monoisotopic (exact) mass is 166 g/mol. The van der Waals surface area contributed by atoms with Crippen molar-refractivity contribution in [3.8, 4) is 0 Å². The maximum absolute atomic E-state index is 6.06. The van der Waals surface area contributed by atoms with Crippen LogP contribution in [0.1, 0.15) is 25.7 Å². The van der Waals surface area contributed by atoms with Crippen molar-refractivity contribution >= 4 is 0 Å². The molecular formula is C10H18N2.